The van der Waals surface area contributed by atoms with Crippen LogP contribution < -0.4 is 10.6 Å². The molecule has 0 fully saturated rings. The van der Waals surface area contributed by atoms with Crippen molar-refractivity contribution in [3.8, 4) is 0 Å². The number of carboxylic acid groups (broad SMARTS) is 1. The number of anilines is 1. The molecule has 0 bridgehead atoms. The van der Waals surface area contributed by atoms with Crippen molar-refractivity contribution in [1.82, 2.24) is 10.3 Å². The van der Waals surface area contributed by atoms with E-state index in [-0.39, 0.29) is 10.7 Å². The predicted octanol–water partition coefficient (Wildman–Crippen LogP) is 1.84. The van der Waals surface area contributed by atoms with Gasteiger partial charge in [0.05, 0.1) is 5.56 Å². The third kappa shape index (κ3) is 5.01. The van der Waals surface area contributed by atoms with Crippen molar-refractivity contribution >= 4 is 23.4 Å². The summed E-state index contributed by atoms with van der Waals surface area (Å²) >= 11 is 5.73. The molecule has 3 N–H and O–H groups in total. The fourth-order valence-corrected chi connectivity index (χ4v) is 1.53. The van der Waals surface area contributed by atoms with E-state index < -0.39 is 5.97 Å². The molecule has 0 amide bonds. The minimum atomic E-state index is -1.01. The Morgan fingerprint density at radius 2 is 2.24 bits per heavy atom. The standard InChI is InChI=1S/C11H16ClN3O2/c1-2-13-4-3-5-14-10-7-8(11(16)17)6-9(12)15-10/h6-7,13H,2-5H2,1H3,(H,14,15)(H,16,17). The summed E-state index contributed by atoms with van der Waals surface area (Å²) in [6.45, 7) is 4.62. The highest BCUT2D eigenvalue weighted by Crippen LogP contribution is 2.14. The summed E-state index contributed by atoms with van der Waals surface area (Å²) in [5.41, 5.74) is 0.138. The highest BCUT2D eigenvalue weighted by Gasteiger charge is 2.06. The zero-order valence-electron chi connectivity index (χ0n) is 9.66. The Hall–Kier alpha value is -1.33. The van der Waals surface area contributed by atoms with Crippen molar-refractivity contribution in [2.45, 2.75) is 13.3 Å². The predicted molar refractivity (Wildman–Crippen MR) is 67.9 cm³/mol. The van der Waals surface area contributed by atoms with Crippen LogP contribution in [0.3, 0.4) is 0 Å². The Bertz CT molecular complexity index is 385. The van der Waals surface area contributed by atoms with Crippen molar-refractivity contribution in [3.05, 3.63) is 22.8 Å². The van der Waals surface area contributed by atoms with Crippen LogP contribution >= 0.6 is 11.6 Å². The Labute approximate surface area is 105 Å². The number of aromatic carboxylic acids is 1. The average molecular weight is 258 g/mol. The smallest absolute Gasteiger partial charge is 0.335 e. The number of hydrogen-bond donors (Lipinski definition) is 3. The third-order valence-corrected chi connectivity index (χ3v) is 2.32. The number of carboxylic acids is 1. The average Bonchev–Trinajstić information content (AvgIpc) is 2.28. The molecule has 0 spiro atoms. The lowest BCUT2D eigenvalue weighted by Gasteiger charge is -2.07. The number of aromatic nitrogens is 1. The molecule has 1 heterocycles. The molecule has 0 unspecified atom stereocenters. The summed E-state index contributed by atoms with van der Waals surface area (Å²) in [6, 6.07) is 2.80. The van der Waals surface area contributed by atoms with Gasteiger partial charge in [-0.25, -0.2) is 9.78 Å². The fourth-order valence-electron chi connectivity index (χ4n) is 1.32. The van der Waals surface area contributed by atoms with Gasteiger partial charge in [-0.1, -0.05) is 18.5 Å². The van der Waals surface area contributed by atoms with E-state index in [1.54, 1.807) is 0 Å². The SMILES string of the molecule is CCNCCCNc1cc(C(=O)O)cc(Cl)n1. The Balaban J connectivity index is 2.50. The van der Waals surface area contributed by atoms with Gasteiger partial charge in [-0.15, -0.1) is 0 Å². The van der Waals surface area contributed by atoms with Gasteiger partial charge >= 0.3 is 5.97 Å². The van der Waals surface area contributed by atoms with Crippen molar-refractivity contribution in [2.75, 3.05) is 25.0 Å². The van der Waals surface area contributed by atoms with Crippen LogP contribution in [0.5, 0.6) is 0 Å². The van der Waals surface area contributed by atoms with Gasteiger partial charge in [0.1, 0.15) is 11.0 Å². The van der Waals surface area contributed by atoms with Gasteiger partial charge in [0.15, 0.2) is 0 Å². The van der Waals surface area contributed by atoms with Crippen LogP contribution in [0.1, 0.15) is 23.7 Å². The molecule has 0 saturated carbocycles. The first-order chi connectivity index (χ1) is 8.13. The molecule has 0 aliphatic carbocycles. The zero-order chi connectivity index (χ0) is 12.7. The molecule has 5 nitrogen and oxygen atoms in total. The molecule has 1 rings (SSSR count). The summed E-state index contributed by atoms with van der Waals surface area (Å²) in [6.07, 6.45) is 0.935. The second kappa shape index (κ2) is 7.09. The summed E-state index contributed by atoms with van der Waals surface area (Å²) in [7, 11) is 0. The molecule has 0 radical (unpaired) electrons. The van der Waals surface area contributed by atoms with E-state index >= 15 is 0 Å². The van der Waals surface area contributed by atoms with Gasteiger partial charge < -0.3 is 15.7 Å². The van der Waals surface area contributed by atoms with E-state index in [1.807, 2.05) is 6.92 Å². The minimum absolute atomic E-state index is 0.138. The maximum atomic E-state index is 10.8. The number of hydrogen-bond acceptors (Lipinski definition) is 4. The molecule has 17 heavy (non-hydrogen) atoms. The molecule has 0 atom stereocenters. The largest absolute Gasteiger partial charge is 0.478 e. The van der Waals surface area contributed by atoms with Crippen LogP contribution in [-0.2, 0) is 0 Å². The van der Waals surface area contributed by atoms with Gasteiger partial charge in [-0.3, -0.25) is 0 Å². The van der Waals surface area contributed by atoms with E-state index in [9.17, 15) is 4.79 Å². The molecule has 0 aliphatic rings. The zero-order valence-corrected chi connectivity index (χ0v) is 10.4. The number of carbonyl (C=O) groups is 1. The Kier molecular flexibility index (Phi) is 5.72. The van der Waals surface area contributed by atoms with Crippen LogP contribution in [0.2, 0.25) is 5.15 Å². The van der Waals surface area contributed by atoms with Crippen molar-refractivity contribution in [2.24, 2.45) is 0 Å². The monoisotopic (exact) mass is 257 g/mol. The molecule has 0 aliphatic heterocycles. The first-order valence-electron chi connectivity index (χ1n) is 5.49. The van der Waals surface area contributed by atoms with Crippen molar-refractivity contribution in [1.29, 1.82) is 0 Å². The van der Waals surface area contributed by atoms with Gasteiger partial charge in [-0.2, -0.15) is 0 Å². The summed E-state index contributed by atoms with van der Waals surface area (Å²) < 4.78 is 0. The third-order valence-electron chi connectivity index (χ3n) is 2.13. The Morgan fingerprint density at radius 3 is 2.88 bits per heavy atom. The molecule has 94 valence electrons. The van der Waals surface area contributed by atoms with Gasteiger partial charge in [-0.05, 0) is 31.6 Å². The molecule has 0 aromatic carbocycles. The van der Waals surface area contributed by atoms with Gasteiger partial charge in [0.25, 0.3) is 0 Å². The second-order valence-electron chi connectivity index (χ2n) is 3.50. The highest BCUT2D eigenvalue weighted by atomic mass is 35.5. The lowest BCUT2D eigenvalue weighted by atomic mass is 10.2. The maximum absolute atomic E-state index is 10.8. The summed E-state index contributed by atoms with van der Waals surface area (Å²) in [5.74, 6) is -0.517. The quantitative estimate of drug-likeness (QED) is 0.513. The first kappa shape index (κ1) is 13.7. The molecule has 0 saturated heterocycles. The number of nitrogens with one attached hydrogen (secondary N) is 2. The molecular formula is C11H16ClN3O2. The fraction of sp³-hybridized carbons (Fsp3) is 0.455. The lowest BCUT2D eigenvalue weighted by molar-refractivity contribution is 0.0697. The molecule has 6 heteroatoms. The van der Waals surface area contributed by atoms with Crippen LogP contribution in [0, 0.1) is 0 Å². The number of nitrogens with zero attached hydrogens (tertiary/aromatic N) is 1. The van der Waals surface area contributed by atoms with Crippen LogP contribution in [0.25, 0.3) is 0 Å². The van der Waals surface area contributed by atoms with Gasteiger partial charge in [0, 0.05) is 6.54 Å². The number of rotatable bonds is 7. The summed E-state index contributed by atoms with van der Waals surface area (Å²) in [5, 5.41) is 15.3. The van der Waals surface area contributed by atoms with Crippen LogP contribution in [0.15, 0.2) is 12.1 Å². The van der Waals surface area contributed by atoms with E-state index in [4.69, 9.17) is 16.7 Å². The minimum Gasteiger partial charge on any atom is -0.478 e. The normalized spacial score (nSPS) is 10.2. The van der Waals surface area contributed by atoms with Crippen LogP contribution in [0.4, 0.5) is 5.82 Å². The first-order valence-corrected chi connectivity index (χ1v) is 5.86. The van der Waals surface area contributed by atoms with E-state index in [0.29, 0.717) is 5.82 Å². The molecule has 1 aromatic rings. The second-order valence-corrected chi connectivity index (χ2v) is 3.89. The number of pyridine rings is 1. The topological polar surface area (TPSA) is 74.2 Å². The number of halogens is 1. The summed E-state index contributed by atoms with van der Waals surface area (Å²) in [4.78, 5) is 14.8. The van der Waals surface area contributed by atoms with Crippen molar-refractivity contribution in [3.63, 3.8) is 0 Å². The lowest BCUT2D eigenvalue weighted by Crippen LogP contribution is -2.17. The highest BCUT2D eigenvalue weighted by molar-refractivity contribution is 6.29. The Morgan fingerprint density at radius 1 is 1.47 bits per heavy atom. The van der Waals surface area contributed by atoms with E-state index in [0.717, 1.165) is 26.1 Å². The van der Waals surface area contributed by atoms with Gasteiger partial charge in [0.2, 0.25) is 0 Å². The van der Waals surface area contributed by atoms with Crippen molar-refractivity contribution < 1.29 is 9.90 Å². The van der Waals surface area contributed by atoms with Crippen LogP contribution in [-0.4, -0.2) is 35.7 Å². The maximum Gasteiger partial charge on any atom is 0.335 e. The molecule has 1 aromatic heterocycles. The van der Waals surface area contributed by atoms with E-state index in [1.165, 1.54) is 12.1 Å². The van der Waals surface area contributed by atoms with E-state index in [2.05, 4.69) is 15.6 Å². The molecular weight excluding hydrogens is 242 g/mol.